The van der Waals surface area contributed by atoms with Crippen LogP contribution in [0.5, 0.6) is 0 Å². The zero-order valence-corrected chi connectivity index (χ0v) is 20.1. The number of nitrogens with one attached hydrogen (secondary N) is 1. The molecule has 3 aromatic rings. The van der Waals surface area contributed by atoms with Crippen molar-refractivity contribution in [2.24, 2.45) is 5.41 Å². The maximum atomic E-state index is 9.37. The van der Waals surface area contributed by atoms with Gasteiger partial charge in [0.05, 0.1) is 54.2 Å². The lowest BCUT2D eigenvalue weighted by Gasteiger charge is -2.41. The van der Waals surface area contributed by atoms with Gasteiger partial charge in [-0.05, 0) is 69.3 Å². The van der Waals surface area contributed by atoms with E-state index in [9.17, 15) is 5.26 Å². The molecule has 2 saturated heterocycles. The lowest BCUT2D eigenvalue weighted by molar-refractivity contribution is -0.0712. The van der Waals surface area contributed by atoms with Crippen molar-refractivity contribution < 1.29 is 4.74 Å². The van der Waals surface area contributed by atoms with E-state index in [1.807, 2.05) is 30.1 Å². The quantitative estimate of drug-likeness (QED) is 0.562. The molecule has 1 aromatic carbocycles. The maximum Gasteiger partial charge on any atom is 0.227 e. The second kappa shape index (κ2) is 8.49. The number of ether oxygens (including phenoxy) is 1. The first-order valence-corrected chi connectivity index (χ1v) is 12.4. The third-order valence-corrected chi connectivity index (χ3v) is 7.88. The van der Waals surface area contributed by atoms with Crippen LogP contribution in [0.3, 0.4) is 0 Å². The van der Waals surface area contributed by atoms with Crippen LogP contribution in [0.25, 0.3) is 10.9 Å². The molecule has 0 amide bonds. The van der Waals surface area contributed by atoms with E-state index in [0.717, 1.165) is 79.3 Å². The second-order valence-corrected chi connectivity index (χ2v) is 10.4. The van der Waals surface area contributed by atoms with Gasteiger partial charge in [0.1, 0.15) is 0 Å². The van der Waals surface area contributed by atoms with Crippen LogP contribution in [0, 0.1) is 23.7 Å². The summed E-state index contributed by atoms with van der Waals surface area (Å²) in [5, 5.41) is 19.0. The zero-order chi connectivity index (χ0) is 23.3. The van der Waals surface area contributed by atoms with Crippen LogP contribution in [-0.2, 0) is 11.3 Å². The van der Waals surface area contributed by atoms with E-state index < -0.39 is 0 Å². The van der Waals surface area contributed by atoms with Gasteiger partial charge >= 0.3 is 0 Å². The number of aromatic nitrogens is 4. The van der Waals surface area contributed by atoms with Gasteiger partial charge in [0.2, 0.25) is 5.95 Å². The fraction of sp³-hybridized carbons (Fsp3) is 0.520. The Kier molecular flexibility index (Phi) is 5.44. The van der Waals surface area contributed by atoms with Crippen molar-refractivity contribution in [1.29, 1.82) is 5.26 Å². The Bertz CT molecular complexity index is 1270. The zero-order valence-electron chi connectivity index (χ0n) is 19.3. The van der Waals surface area contributed by atoms with Crippen LogP contribution in [0.1, 0.15) is 42.9 Å². The van der Waals surface area contributed by atoms with E-state index in [4.69, 9.17) is 21.3 Å². The standard InChI is InChI=1S/C25H28ClN7O/c1-16-23(11-33(31-16)15-25(14-27)4-5-25)30-24-28-10-18-8-21(26)20(9-22(18)29-24)17-2-6-32(7-3-17)19-12-34-13-19/h8-11,17,19H,2-7,12-13,15H2,1H3,(H,28,29,30). The molecule has 0 spiro atoms. The van der Waals surface area contributed by atoms with Crippen molar-refractivity contribution in [3.8, 4) is 6.07 Å². The Balaban J connectivity index is 1.20. The van der Waals surface area contributed by atoms with Crippen LogP contribution in [-0.4, -0.2) is 57.0 Å². The van der Waals surface area contributed by atoms with Crippen LogP contribution in [0.2, 0.25) is 5.02 Å². The molecule has 0 atom stereocenters. The molecule has 0 unspecified atom stereocenters. The van der Waals surface area contributed by atoms with Gasteiger partial charge in [0.15, 0.2) is 0 Å². The van der Waals surface area contributed by atoms with E-state index in [-0.39, 0.29) is 5.41 Å². The second-order valence-electron chi connectivity index (χ2n) is 9.97. The normalized spacial score (nSPS) is 20.7. The Morgan fingerprint density at radius 1 is 1.26 bits per heavy atom. The number of hydrogen-bond donors (Lipinski definition) is 1. The topological polar surface area (TPSA) is 91.9 Å². The van der Waals surface area contributed by atoms with Gasteiger partial charge in [-0.2, -0.15) is 10.4 Å². The van der Waals surface area contributed by atoms with Gasteiger partial charge in [-0.1, -0.05) is 11.6 Å². The van der Waals surface area contributed by atoms with Crippen molar-refractivity contribution in [2.45, 2.75) is 51.1 Å². The van der Waals surface area contributed by atoms with Crippen LogP contribution in [0.15, 0.2) is 24.5 Å². The predicted octanol–water partition coefficient (Wildman–Crippen LogP) is 4.41. The van der Waals surface area contributed by atoms with Crippen LogP contribution < -0.4 is 5.32 Å². The van der Waals surface area contributed by atoms with Crippen molar-refractivity contribution in [3.63, 3.8) is 0 Å². The maximum absolute atomic E-state index is 9.37. The number of anilines is 2. The summed E-state index contributed by atoms with van der Waals surface area (Å²) in [6, 6.07) is 7.14. The van der Waals surface area contributed by atoms with Gasteiger partial charge in [0.25, 0.3) is 0 Å². The first kappa shape index (κ1) is 21.8. The minimum absolute atomic E-state index is 0.243. The van der Waals surface area contributed by atoms with E-state index >= 15 is 0 Å². The summed E-state index contributed by atoms with van der Waals surface area (Å²) < 4.78 is 7.21. The highest BCUT2D eigenvalue weighted by atomic mass is 35.5. The van der Waals surface area contributed by atoms with Crippen molar-refractivity contribution in [2.75, 3.05) is 31.6 Å². The van der Waals surface area contributed by atoms with Crippen LogP contribution in [0.4, 0.5) is 11.6 Å². The molecule has 0 bridgehead atoms. The number of likely N-dealkylation sites (tertiary alicyclic amines) is 1. The molecular weight excluding hydrogens is 450 g/mol. The summed E-state index contributed by atoms with van der Waals surface area (Å²) in [7, 11) is 0. The summed E-state index contributed by atoms with van der Waals surface area (Å²) in [6.45, 7) is 6.47. The summed E-state index contributed by atoms with van der Waals surface area (Å²) >= 11 is 6.70. The van der Waals surface area contributed by atoms with E-state index in [1.165, 1.54) is 5.56 Å². The number of aryl methyl sites for hydroxylation is 1. The third-order valence-electron chi connectivity index (χ3n) is 7.55. The molecule has 176 valence electrons. The van der Waals surface area contributed by atoms with Crippen molar-refractivity contribution in [3.05, 3.63) is 40.8 Å². The highest BCUT2D eigenvalue weighted by Crippen LogP contribution is 2.46. The molecule has 8 nitrogen and oxygen atoms in total. The van der Waals surface area contributed by atoms with E-state index in [1.54, 1.807) is 0 Å². The predicted molar refractivity (Wildman–Crippen MR) is 130 cm³/mol. The highest BCUT2D eigenvalue weighted by Gasteiger charge is 2.43. The molecule has 34 heavy (non-hydrogen) atoms. The largest absolute Gasteiger partial charge is 0.378 e. The highest BCUT2D eigenvalue weighted by molar-refractivity contribution is 6.32. The minimum atomic E-state index is -0.243. The molecule has 1 saturated carbocycles. The first-order valence-electron chi connectivity index (χ1n) is 12.0. The average Bonchev–Trinajstić information content (AvgIpc) is 3.49. The molecule has 3 aliphatic rings. The van der Waals surface area contributed by atoms with Gasteiger partial charge in [-0.25, -0.2) is 9.97 Å². The fourth-order valence-corrected chi connectivity index (χ4v) is 5.38. The first-order chi connectivity index (χ1) is 16.5. The van der Waals surface area contributed by atoms with E-state index in [2.05, 4.69) is 32.4 Å². The Morgan fingerprint density at radius 3 is 2.74 bits per heavy atom. The van der Waals surface area contributed by atoms with Crippen LogP contribution >= 0.6 is 11.6 Å². The average molecular weight is 478 g/mol. The SMILES string of the molecule is Cc1nn(CC2(C#N)CC2)cc1Nc1ncc2cc(Cl)c(C3CCN(C4COC4)CC3)cc2n1. The van der Waals surface area contributed by atoms with Crippen molar-refractivity contribution >= 4 is 34.1 Å². The molecule has 9 heteroatoms. The van der Waals surface area contributed by atoms with Gasteiger partial charge < -0.3 is 10.1 Å². The van der Waals surface area contributed by atoms with Gasteiger partial charge in [-0.15, -0.1) is 0 Å². The molecule has 4 heterocycles. The lowest BCUT2D eigenvalue weighted by atomic mass is 9.88. The third kappa shape index (κ3) is 4.13. The van der Waals surface area contributed by atoms with Crippen molar-refractivity contribution in [1.82, 2.24) is 24.6 Å². The number of nitriles is 1. The molecule has 0 radical (unpaired) electrons. The fourth-order valence-electron chi connectivity index (χ4n) is 5.06. The summed E-state index contributed by atoms with van der Waals surface area (Å²) in [5.41, 5.74) is 3.54. The number of piperidine rings is 1. The molecule has 1 N–H and O–H groups in total. The van der Waals surface area contributed by atoms with E-state index in [0.29, 0.717) is 24.5 Å². The Hall–Kier alpha value is -2.73. The Morgan fingerprint density at radius 2 is 2.06 bits per heavy atom. The molecule has 6 rings (SSSR count). The van der Waals surface area contributed by atoms with Gasteiger partial charge in [-0.3, -0.25) is 9.58 Å². The molecule has 2 aromatic heterocycles. The molecular formula is C25H28ClN7O. The van der Waals surface area contributed by atoms with Gasteiger partial charge in [0, 0.05) is 22.8 Å². The number of rotatable bonds is 6. The number of hydrogen-bond acceptors (Lipinski definition) is 7. The lowest BCUT2D eigenvalue weighted by Crippen LogP contribution is -2.51. The smallest absolute Gasteiger partial charge is 0.227 e. The number of nitrogens with zero attached hydrogens (tertiary/aromatic N) is 6. The minimum Gasteiger partial charge on any atom is -0.378 e. The number of halogens is 1. The summed E-state index contributed by atoms with van der Waals surface area (Å²) in [4.78, 5) is 11.8. The number of fused-ring (bicyclic) bond motifs is 1. The molecule has 2 aliphatic heterocycles. The summed E-state index contributed by atoms with van der Waals surface area (Å²) in [5.74, 6) is 0.973. The molecule has 1 aliphatic carbocycles. The number of benzene rings is 1. The monoisotopic (exact) mass is 477 g/mol. The summed E-state index contributed by atoms with van der Waals surface area (Å²) in [6.07, 6.45) is 7.83. The molecule has 3 fully saturated rings. The Labute approximate surface area is 203 Å².